The van der Waals surface area contributed by atoms with Crippen LogP contribution in [-0.4, -0.2) is 25.0 Å². The molecule has 0 saturated carbocycles. The molecule has 0 aromatic heterocycles. The van der Waals surface area contributed by atoms with Crippen molar-refractivity contribution in [3.8, 4) is 0 Å². The fourth-order valence-corrected chi connectivity index (χ4v) is 2.86. The predicted molar refractivity (Wildman–Crippen MR) is 93.2 cm³/mol. The molecule has 0 aliphatic heterocycles. The van der Waals surface area contributed by atoms with E-state index < -0.39 is 0 Å². The van der Waals surface area contributed by atoms with Gasteiger partial charge in [0.15, 0.2) is 0 Å². The minimum absolute atomic E-state index is 0.772. The molecule has 1 heteroatoms. The smallest absolute Gasteiger partial charge is 0.0187 e. The molecule has 0 fully saturated rings. The van der Waals surface area contributed by atoms with E-state index in [-0.39, 0.29) is 0 Å². The van der Waals surface area contributed by atoms with E-state index in [0.29, 0.717) is 0 Å². The average Bonchev–Trinajstić information content (AvgIpc) is 2.36. The lowest BCUT2D eigenvalue weighted by atomic mass is 9.90. The van der Waals surface area contributed by atoms with Gasteiger partial charge in [-0.05, 0) is 51.0 Å². The topological polar surface area (TPSA) is 3.24 Å². The molecule has 20 heavy (non-hydrogen) atoms. The molecular formula is C19H39N. The first-order valence-electron chi connectivity index (χ1n) is 8.73. The molecule has 0 saturated heterocycles. The van der Waals surface area contributed by atoms with E-state index in [1.807, 2.05) is 0 Å². The molecule has 0 N–H and O–H groups in total. The second kappa shape index (κ2) is 11.4. The zero-order valence-electron chi connectivity index (χ0n) is 15.2. The molecule has 0 amide bonds. The number of nitrogens with zero attached hydrogens (tertiary/aromatic N) is 1. The van der Waals surface area contributed by atoms with Crippen LogP contribution in [0.15, 0.2) is 11.6 Å². The Morgan fingerprint density at radius 3 is 2.30 bits per heavy atom. The molecular weight excluding hydrogens is 242 g/mol. The number of hydrogen-bond donors (Lipinski definition) is 0. The van der Waals surface area contributed by atoms with E-state index in [1.54, 1.807) is 0 Å². The third-order valence-corrected chi connectivity index (χ3v) is 4.16. The van der Waals surface area contributed by atoms with E-state index in [0.717, 1.165) is 24.3 Å². The van der Waals surface area contributed by atoms with Gasteiger partial charge in [0, 0.05) is 13.1 Å². The molecule has 120 valence electrons. The Balaban J connectivity index is 4.23. The summed E-state index contributed by atoms with van der Waals surface area (Å²) in [7, 11) is 2.28. The second-order valence-corrected chi connectivity index (χ2v) is 7.28. The molecule has 1 nitrogen and oxygen atoms in total. The van der Waals surface area contributed by atoms with Crippen LogP contribution >= 0.6 is 0 Å². The van der Waals surface area contributed by atoms with Crippen molar-refractivity contribution in [3.63, 3.8) is 0 Å². The van der Waals surface area contributed by atoms with Gasteiger partial charge in [-0.1, -0.05) is 59.1 Å². The highest BCUT2D eigenvalue weighted by Gasteiger charge is 2.14. The van der Waals surface area contributed by atoms with Crippen molar-refractivity contribution in [3.05, 3.63) is 11.6 Å². The molecule has 0 aliphatic carbocycles. The lowest BCUT2D eigenvalue weighted by molar-refractivity contribution is 0.249. The molecule has 2 unspecified atom stereocenters. The van der Waals surface area contributed by atoms with E-state index in [1.165, 1.54) is 44.2 Å². The maximum atomic E-state index is 2.52. The third-order valence-electron chi connectivity index (χ3n) is 4.16. The van der Waals surface area contributed by atoms with Crippen molar-refractivity contribution in [2.45, 2.75) is 73.6 Å². The number of hydrogen-bond acceptors (Lipinski definition) is 1. The number of rotatable bonds is 11. The molecule has 0 spiro atoms. The van der Waals surface area contributed by atoms with Crippen molar-refractivity contribution in [2.75, 3.05) is 20.1 Å². The maximum Gasteiger partial charge on any atom is 0.0187 e. The van der Waals surface area contributed by atoms with Gasteiger partial charge in [-0.2, -0.15) is 0 Å². The molecule has 0 aromatic rings. The van der Waals surface area contributed by atoms with Crippen molar-refractivity contribution in [2.24, 2.45) is 17.8 Å². The Morgan fingerprint density at radius 1 is 1.15 bits per heavy atom. The monoisotopic (exact) mass is 281 g/mol. The van der Waals surface area contributed by atoms with Gasteiger partial charge in [-0.25, -0.2) is 0 Å². The van der Waals surface area contributed by atoms with Gasteiger partial charge in [-0.3, -0.25) is 0 Å². The predicted octanol–water partition coefficient (Wildman–Crippen LogP) is 5.76. The first-order valence-corrected chi connectivity index (χ1v) is 8.73. The summed E-state index contributed by atoms with van der Waals surface area (Å²) in [5.41, 5.74) is 1.53. The summed E-state index contributed by atoms with van der Waals surface area (Å²) < 4.78 is 0. The highest BCUT2D eigenvalue weighted by atomic mass is 15.1. The third kappa shape index (κ3) is 10.5. The molecule has 0 rings (SSSR count). The summed E-state index contributed by atoms with van der Waals surface area (Å²) in [6.45, 7) is 16.3. The van der Waals surface area contributed by atoms with Crippen LogP contribution in [0.3, 0.4) is 0 Å². The van der Waals surface area contributed by atoms with E-state index in [4.69, 9.17) is 0 Å². The largest absolute Gasteiger partial charge is 0.302 e. The van der Waals surface area contributed by atoms with Gasteiger partial charge < -0.3 is 4.90 Å². The first kappa shape index (κ1) is 19.7. The zero-order valence-corrected chi connectivity index (χ0v) is 15.2. The normalized spacial score (nSPS) is 15.9. The summed E-state index contributed by atoms with van der Waals surface area (Å²) in [6.07, 6.45) is 9.04. The Labute approximate surface area is 128 Å². The fourth-order valence-electron chi connectivity index (χ4n) is 2.86. The summed E-state index contributed by atoms with van der Waals surface area (Å²) >= 11 is 0. The Bertz CT molecular complexity index is 254. The number of allylic oxidation sites excluding steroid dienone is 1. The Morgan fingerprint density at radius 2 is 1.80 bits per heavy atom. The summed E-state index contributed by atoms with van der Waals surface area (Å²) in [5, 5.41) is 0. The van der Waals surface area contributed by atoms with Gasteiger partial charge in [0.25, 0.3) is 0 Å². The molecule has 2 atom stereocenters. The fraction of sp³-hybridized carbons (Fsp3) is 0.895. The van der Waals surface area contributed by atoms with Gasteiger partial charge in [0.05, 0.1) is 0 Å². The molecule has 0 aliphatic rings. The summed E-state index contributed by atoms with van der Waals surface area (Å²) in [5.74, 6) is 2.52. The molecule has 0 radical (unpaired) electrons. The van der Waals surface area contributed by atoms with Gasteiger partial charge in [0.2, 0.25) is 0 Å². The van der Waals surface area contributed by atoms with E-state index in [2.05, 4.69) is 59.6 Å². The lowest BCUT2D eigenvalue weighted by Crippen LogP contribution is -2.28. The van der Waals surface area contributed by atoms with Crippen molar-refractivity contribution in [1.29, 1.82) is 0 Å². The van der Waals surface area contributed by atoms with Crippen LogP contribution in [0.25, 0.3) is 0 Å². The average molecular weight is 282 g/mol. The minimum Gasteiger partial charge on any atom is -0.302 e. The highest BCUT2D eigenvalue weighted by molar-refractivity contribution is 5.00. The number of likely N-dealkylation sites (N-methyl/N-ethyl adjacent to an activating group) is 1. The van der Waals surface area contributed by atoms with E-state index in [9.17, 15) is 0 Å². The van der Waals surface area contributed by atoms with Crippen LogP contribution in [0.4, 0.5) is 0 Å². The molecule has 0 heterocycles. The molecule has 0 aromatic carbocycles. The zero-order chi connectivity index (χ0) is 15.5. The van der Waals surface area contributed by atoms with Crippen LogP contribution in [0.1, 0.15) is 73.6 Å². The van der Waals surface area contributed by atoms with Gasteiger partial charge in [-0.15, -0.1) is 0 Å². The lowest BCUT2D eigenvalue weighted by Gasteiger charge is -2.26. The molecule has 0 bridgehead atoms. The van der Waals surface area contributed by atoms with Gasteiger partial charge in [0.1, 0.15) is 0 Å². The Kier molecular flexibility index (Phi) is 11.2. The summed E-state index contributed by atoms with van der Waals surface area (Å²) in [6, 6.07) is 0. The van der Waals surface area contributed by atoms with Crippen molar-refractivity contribution < 1.29 is 0 Å². The van der Waals surface area contributed by atoms with Crippen LogP contribution in [0, 0.1) is 17.8 Å². The Hall–Kier alpha value is -0.300. The minimum atomic E-state index is 0.772. The standard InChI is InChI=1S/C19H39N/c1-8-10-19(13-17(5)9-2)15-20(7)14-18(6)12-11-16(3)4/h12,16-17,19H,8-11,13-15H2,1-7H3/b18-12+. The first-order chi connectivity index (χ1) is 9.38. The second-order valence-electron chi connectivity index (χ2n) is 7.28. The summed E-state index contributed by atoms with van der Waals surface area (Å²) in [4.78, 5) is 2.52. The van der Waals surface area contributed by atoms with Crippen LogP contribution in [0.5, 0.6) is 0 Å². The van der Waals surface area contributed by atoms with Crippen molar-refractivity contribution in [1.82, 2.24) is 4.90 Å². The quantitative estimate of drug-likeness (QED) is 0.435. The van der Waals surface area contributed by atoms with Crippen LogP contribution in [0.2, 0.25) is 0 Å². The van der Waals surface area contributed by atoms with Crippen LogP contribution in [-0.2, 0) is 0 Å². The maximum absolute atomic E-state index is 2.52. The highest BCUT2D eigenvalue weighted by Crippen LogP contribution is 2.20. The van der Waals surface area contributed by atoms with Crippen molar-refractivity contribution >= 4 is 0 Å². The van der Waals surface area contributed by atoms with Gasteiger partial charge >= 0.3 is 0 Å². The van der Waals surface area contributed by atoms with Crippen LogP contribution < -0.4 is 0 Å². The SMILES string of the molecule is CCCC(CC(C)CC)CN(C)C/C(C)=C/CC(C)C. The van der Waals surface area contributed by atoms with E-state index >= 15 is 0 Å².